The van der Waals surface area contributed by atoms with Gasteiger partial charge in [-0.05, 0) is 57.3 Å². The summed E-state index contributed by atoms with van der Waals surface area (Å²) in [7, 11) is 0. The summed E-state index contributed by atoms with van der Waals surface area (Å²) in [5.74, 6) is 0.401. The van der Waals surface area contributed by atoms with Crippen LogP contribution in [-0.4, -0.2) is 51.8 Å². The maximum absolute atomic E-state index is 13.5. The van der Waals surface area contributed by atoms with Crippen molar-refractivity contribution in [1.29, 1.82) is 0 Å². The van der Waals surface area contributed by atoms with Gasteiger partial charge >= 0.3 is 6.03 Å². The van der Waals surface area contributed by atoms with Crippen LogP contribution < -0.4 is 5.32 Å². The molecule has 3 aliphatic carbocycles. The number of carbonyl (C=O) groups excluding carboxylic acids is 3. The Morgan fingerprint density at radius 3 is 1.97 bits per heavy atom. The van der Waals surface area contributed by atoms with Gasteiger partial charge in [0, 0.05) is 12.1 Å². The van der Waals surface area contributed by atoms with Crippen LogP contribution in [0.15, 0.2) is 0 Å². The maximum Gasteiger partial charge on any atom is 0.325 e. The minimum atomic E-state index is -0.760. The van der Waals surface area contributed by atoms with E-state index in [0.717, 1.165) is 38.5 Å². The van der Waals surface area contributed by atoms with Crippen LogP contribution >= 0.6 is 0 Å². The molecule has 29 heavy (non-hydrogen) atoms. The number of carbonyl (C=O) groups is 3. The molecule has 0 unspecified atom stereocenters. The zero-order chi connectivity index (χ0) is 20.4. The number of hydrogen-bond donors (Lipinski definition) is 1. The third-order valence-corrected chi connectivity index (χ3v) is 7.89. The minimum Gasteiger partial charge on any atom is -0.335 e. The molecule has 4 fully saturated rings. The van der Waals surface area contributed by atoms with Crippen LogP contribution in [0.3, 0.4) is 0 Å². The Hall–Kier alpha value is -1.59. The van der Waals surface area contributed by atoms with Crippen LogP contribution in [0.25, 0.3) is 0 Å². The van der Waals surface area contributed by atoms with Gasteiger partial charge in [0.25, 0.3) is 5.91 Å². The van der Waals surface area contributed by atoms with Crippen LogP contribution in [-0.2, 0) is 9.59 Å². The lowest BCUT2D eigenvalue weighted by Gasteiger charge is -2.42. The van der Waals surface area contributed by atoms with Gasteiger partial charge in [-0.2, -0.15) is 0 Å². The quantitative estimate of drug-likeness (QED) is 0.722. The van der Waals surface area contributed by atoms with E-state index < -0.39 is 5.54 Å². The zero-order valence-corrected chi connectivity index (χ0v) is 18.0. The van der Waals surface area contributed by atoms with E-state index in [9.17, 15) is 14.4 Å². The van der Waals surface area contributed by atoms with Crippen LogP contribution in [0.5, 0.6) is 0 Å². The fraction of sp³-hybridized carbons (Fsp3) is 0.870. The average molecular weight is 404 g/mol. The van der Waals surface area contributed by atoms with E-state index in [-0.39, 0.29) is 36.5 Å². The molecule has 0 aromatic rings. The predicted molar refractivity (Wildman–Crippen MR) is 111 cm³/mol. The Kier molecular flexibility index (Phi) is 6.16. The number of hydrogen-bond acceptors (Lipinski definition) is 3. The molecule has 0 atom stereocenters. The standard InChI is InChI=1S/C23H37N3O3/c1-17-12-14-23(15-13-17)21(28)25(22(29)24-23)16-20(27)26(18-8-4-2-5-9-18)19-10-6-3-7-11-19/h17-19H,2-16H2,1H3,(H,24,29). The van der Waals surface area contributed by atoms with E-state index in [1.807, 2.05) is 0 Å². The predicted octanol–water partition coefficient (Wildman–Crippen LogP) is 3.98. The summed E-state index contributed by atoms with van der Waals surface area (Å²) in [5.41, 5.74) is -0.760. The second kappa shape index (κ2) is 8.65. The molecule has 6 heteroatoms. The van der Waals surface area contributed by atoms with E-state index >= 15 is 0 Å². The minimum absolute atomic E-state index is 0.0199. The molecular weight excluding hydrogens is 366 g/mol. The Morgan fingerprint density at radius 2 is 1.45 bits per heavy atom. The number of nitrogens with one attached hydrogen (secondary N) is 1. The van der Waals surface area contributed by atoms with Crippen molar-refractivity contribution in [2.45, 2.75) is 114 Å². The number of rotatable bonds is 4. The summed E-state index contributed by atoms with van der Waals surface area (Å²) >= 11 is 0. The molecule has 0 bridgehead atoms. The molecule has 6 nitrogen and oxygen atoms in total. The molecule has 4 aliphatic rings. The molecule has 0 aromatic heterocycles. The molecule has 1 N–H and O–H groups in total. The maximum atomic E-state index is 13.5. The van der Waals surface area contributed by atoms with Crippen LogP contribution in [0.4, 0.5) is 4.79 Å². The first-order chi connectivity index (χ1) is 14.0. The molecule has 3 saturated carbocycles. The average Bonchev–Trinajstić information content (AvgIpc) is 2.96. The van der Waals surface area contributed by atoms with Gasteiger partial charge in [-0.15, -0.1) is 0 Å². The highest BCUT2D eigenvalue weighted by Crippen LogP contribution is 2.37. The Balaban J connectivity index is 1.47. The van der Waals surface area contributed by atoms with Crippen molar-refractivity contribution in [3.05, 3.63) is 0 Å². The van der Waals surface area contributed by atoms with Gasteiger partial charge in [0.2, 0.25) is 5.91 Å². The van der Waals surface area contributed by atoms with E-state index in [1.165, 1.54) is 43.4 Å². The van der Waals surface area contributed by atoms with E-state index in [4.69, 9.17) is 0 Å². The Labute approximate surface area is 174 Å². The van der Waals surface area contributed by atoms with Crippen molar-refractivity contribution in [3.63, 3.8) is 0 Å². The first kappa shape index (κ1) is 20.7. The highest BCUT2D eigenvalue weighted by Gasteiger charge is 2.52. The van der Waals surface area contributed by atoms with Gasteiger partial charge in [0.1, 0.15) is 12.1 Å². The summed E-state index contributed by atoms with van der Waals surface area (Å²) < 4.78 is 0. The molecule has 4 amide bonds. The first-order valence-corrected chi connectivity index (χ1v) is 12.0. The fourth-order valence-corrected chi connectivity index (χ4v) is 6.05. The van der Waals surface area contributed by atoms with Crippen molar-refractivity contribution in [2.75, 3.05) is 6.54 Å². The van der Waals surface area contributed by atoms with Crippen LogP contribution in [0.2, 0.25) is 0 Å². The second-order valence-corrected chi connectivity index (χ2v) is 9.97. The highest BCUT2D eigenvalue weighted by atomic mass is 16.2. The Bertz CT molecular complexity index is 611. The molecule has 0 radical (unpaired) electrons. The fourth-order valence-electron chi connectivity index (χ4n) is 6.05. The number of urea groups is 1. The van der Waals surface area contributed by atoms with Gasteiger partial charge in [-0.25, -0.2) is 4.79 Å². The Morgan fingerprint density at radius 1 is 0.931 bits per heavy atom. The SMILES string of the molecule is CC1CCC2(CC1)NC(=O)N(CC(=O)N(C1CCCCC1)C1CCCCC1)C2=O. The summed E-state index contributed by atoms with van der Waals surface area (Å²) in [4.78, 5) is 42.6. The molecular formula is C23H37N3O3. The molecule has 4 rings (SSSR count). The normalized spacial score (nSPS) is 31.9. The summed E-state index contributed by atoms with van der Waals surface area (Å²) in [5, 5.41) is 2.96. The second-order valence-electron chi connectivity index (χ2n) is 9.97. The molecule has 1 saturated heterocycles. The third kappa shape index (κ3) is 4.17. The molecule has 1 spiro atoms. The number of imide groups is 1. The molecule has 1 heterocycles. The topological polar surface area (TPSA) is 69.7 Å². The molecule has 0 aromatic carbocycles. The van der Waals surface area contributed by atoms with Gasteiger partial charge in [-0.3, -0.25) is 14.5 Å². The summed E-state index contributed by atoms with van der Waals surface area (Å²) in [6.45, 7) is 2.11. The number of amides is 4. The van der Waals surface area contributed by atoms with Crippen molar-refractivity contribution < 1.29 is 14.4 Å². The van der Waals surface area contributed by atoms with Gasteiger partial charge in [-0.1, -0.05) is 45.4 Å². The molecule has 162 valence electrons. The zero-order valence-electron chi connectivity index (χ0n) is 18.0. The first-order valence-electron chi connectivity index (χ1n) is 12.0. The highest BCUT2D eigenvalue weighted by molar-refractivity contribution is 6.09. The van der Waals surface area contributed by atoms with Crippen LogP contribution in [0.1, 0.15) is 96.8 Å². The van der Waals surface area contributed by atoms with Gasteiger partial charge in [0.05, 0.1) is 0 Å². The van der Waals surface area contributed by atoms with Gasteiger partial charge in [0.15, 0.2) is 0 Å². The monoisotopic (exact) mass is 403 g/mol. The lowest BCUT2D eigenvalue weighted by molar-refractivity contribution is -0.143. The van der Waals surface area contributed by atoms with E-state index in [0.29, 0.717) is 18.8 Å². The van der Waals surface area contributed by atoms with Gasteiger partial charge < -0.3 is 10.2 Å². The van der Waals surface area contributed by atoms with Crippen LogP contribution in [0, 0.1) is 5.92 Å². The lowest BCUT2D eigenvalue weighted by atomic mass is 9.77. The lowest BCUT2D eigenvalue weighted by Crippen LogP contribution is -2.53. The summed E-state index contributed by atoms with van der Waals surface area (Å²) in [6, 6.07) is 0.194. The van der Waals surface area contributed by atoms with Crippen molar-refractivity contribution >= 4 is 17.8 Å². The molecule has 1 aliphatic heterocycles. The van der Waals surface area contributed by atoms with Crippen molar-refractivity contribution in [2.24, 2.45) is 5.92 Å². The van der Waals surface area contributed by atoms with Crippen molar-refractivity contribution in [3.8, 4) is 0 Å². The van der Waals surface area contributed by atoms with E-state index in [2.05, 4.69) is 17.1 Å². The smallest absolute Gasteiger partial charge is 0.325 e. The number of nitrogens with zero attached hydrogens (tertiary/aromatic N) is 2. The van der Waals surface area contributed by atoms with E-state index in [1.54, 1.807) is 0 Å². The van der Waals surface area contributed by atoms with Crippen molar-refractivity contribution in [1.82, 2.24) is 15.1 Å². The largest absolute Gasteiger partial charge is 0.335 e. The summed E-state index contributed by atoms with van der Waals surface area (Å²) in [6.07, 6.45) is 14.7. The third-order valence-electron chi connectivity index (χ3n) is 7.89.